The van der Waals surface area contributed by atoms with E-state index in [1.54, 1.807) is 0 Å². The van der Waals surface area contributed by atoms with Crippen molar-refractivity contribution in [2.45, 2.75) is 112 Å². The number of carbonyl (C=O) groups excluding carboxylic acids is 2. The molecule has 0 amide bonds. The topological polar surface area (TPSA) is 93.1 Å². The highest BCUT2D eigenvalue weighted by Gasteiger charge is 2.71. The van der Waals surface area contributed by atoms with Crippen molar-refractivity contribution in [2.75, 3.05) is 19.8 Å². The summed E-state index contributed by atoms with van der Waals surface area (Å²) in [6.45, 7) is 17.9. The van der Waals surface area contributed by atoms with Crippen molar-refractivity contribution < 1.29 is 29.3 Å². The molecule has 5 rings (SSSR count). The molecule has 0 aromatic carbocycles. The smallest absolute Gasteiger partial charge is 0.302 e. The van der Waals surface area contributed by atoms with Crippen molar-refractivity contribution in [2.24, 2.45) is 56.7 Å². The van der Waals surface area contributed by atoms with Gasteiger partial charge in [-0.05, 0) is 116 Å². The zero-order valence-corrected chi connectivity index (χ0v) is 25.9. The molecule has 11 unspecified atom stereocenters. The normalized spacial score (nSPS) is 49.6. The summed E-state index contributed by atoms with van der Waals surface area (Å²) < 4.78 is 11.4. The molecule has 0 bridgehead atoms. The summed E-state index contributed by atoms with van der Waals surface area (Å²) in [5, 5.41) is 21.4. The fourth-order valence-corrected chi connectivity index (χ4v) is 12.1. The van der Waals surface area contributed by atoms with Gasteiger partial charge in [0.1, 0.15) is 0 Å². The number of rotatable bonds is 6. The van der Waals surface area contributed by atoms with Crippen LogP contribution in [-0.4, -0.2) is 48.1 Å². The van der Waals surface area contributed by atoms with Crippen LogP contribution in [-0.2, 0) is 19.1 Å². The first-order valence-electron chi connectivity index (χ1n) is 15.9. The Morgan fingerprint density at radius 3 is 2.12 bits per heavy atom. The molecule has 0 radical (unpaired) electrons. The molecule has 0 aromatic rings. The largest absolute Gasteiger partial charge is 0.465 e. The van der Waals surface area contributed by atoms with E-state index in [-0.39, 0.29) is 46.1 Å². The van der Waals surface area contributed by atoms with Crippen molar-refractivity contribution >= 4 is 11.9 Å². The molecular weight excluding hydrogens is 504 g/mol. The van der Waals surface area contributed by atoms with E-state index in [2.05, 4.69) is 34.3 Å². The zero-order chi connectivity index (χ0) is 29.3. The lowest BCUT2D eigenvalue weighted by atomic mass is 9.32. The number of aliphatic hydroxyl groups excluding tert-OH is 2. The molecule has 0 spiro atoms. The van der Waals surface area contributed by atoms with Crippen molar-refractivity contribution in [3.63, 3.8) is 0 Å². The maximum Gasteiger partial charge on any atom is 0.302 e. The molecule has 0 aromatic heterocycles. The molecule has 0 aliphatic heterocycles. The lowest BCUT2D eigenvalue weighted by Crippen LogP contribution is -2.67. The van der Waals surface area contributed by atoms with E-state index in [1.807, 2.05) is 0 Å². The molecule has 40 heavy (non-hydrogen) atoms. The van der Waals surface area contributed by atoms with Crippen LogP contribution in [0.2, 0.25) is 0 Å². The molecule has 5 saturated carbocycles. The Hall–Kier alpha value is -1.40. The quantitative estimate of drug-likeness (QED) is 0.303. The van der Waals surface area contributed by atoms with Gasteiger partial charge in [-0.3, -0.25) is 9.59 Å². The van der Waals surface area contributed by atoms with E-state index < -0.39 is 11.5 Å². The first-order valence-corrected chi connectivity index (χ1v) is 15.9. The number of esters is 2. The highest BCUT2D eigenvalue weighted by Crippen LogP contribution is 2.77. The predicted molar refractivity (Wildman–Crippen MR) is 154 cm³/mol. The molecular formula is C34H54O6. The predicted octanol–water partition coefficient (Wildman–Crippen LogP) is 6.08. The molecule has 0 heterocycles. The monoisotopic (exact) mass is 558 g/mol. The first-order chi connectivity index (χ1) is 18.7. The molecule has 11 atom stereocenters. The van der Waals surface area contributed by atoms with Gasteiger partial charge < -0.3 is 19.7 Å². The van der Waals surface area contributed by atoms with Gasteiger partial charge in [0.25, 0.3) is 0 Å². The Morgan fingerprint density at radius 2 is 1.48 bits per heavy atom. The van der Waals surface area contributed by atoms with Gasteiger partial charge in [-0.1, -0.05) is 34.3 Å². The molecule has 5 aliphatic rings. The molecule has 2 N–H and O–H groups in total. The van der Waals surface area contributed by atoms with E-state index in [1.165, 1.54) is 13.8 Å². The second-order valence-electron chi connectivity index (χ2n) is 15.6. The van der Waals surface area contributed by atoms with E-state index in [0.29, 0.717) is 36.9 Å². The van der Waals surface area contributed by atoms with Gasteiger partial charge in [0, 0.05) is 24.7 Å². The lowest BCUT2D eigenvalue weighted by Gasteiger charge is -2.73. The van der Waals surface area contributed by atoms with Crippen molar-refractivity contribution in [3.8, 4) is 0 Å². The Kier molecular flexibility index (Phi) is 7.60. The minimum Gasteiger partial charge on any atom is -0.465 e. The Balaban J connectivity index is 1.50. The molecule has 6 heteroatoms. The fourth-order valence-electron chi connectivity index (χ4n) is 12.1. The molecule has 5 aliphatic carbocycles. The van der Waals surface area contributed by atoms with Crippen LogP contribution in [0.4, 0.5) is 0 Å². The Morgan fingerprint density at radius 1 is 0.800 bits per heavy atom. The van der Waals surface area contributed by atoms with Crippen LogP contribution >= 0.6 is 0 Å². The summed E-state index contributed by atoms with van der Waals surface area (Å²) in [5.74, 6) is 1.50. The number of ether oxygens (including phenoxy) is 2. The second kappa shape index (κ2) is 10.1. The fraction of sp³-hybridized carbons (Fsp3) is 0.882. The van der Waals surface area contributed by atoms with E-state index in [9.17, 15) is 19.8 Å². The highest BCUT2D eigenvalue weighted by atomic mass is 16.5. The summed E-state index contributed by atoms with van der Waals surface area (Å²) in [4.78, 5) is 23.7. The SMILES string of the molecule is C=C(CO)C1CCC2(COC(C)=O)CCC3(C)C(CCC4C5(C)CCC(O)C(C)(COC(C)=O)C5CCC43C)C12. The zero-order valence-electron chi connectivity index (χ0n) is 25.9. The standard InChI is InChI=1S/C34H54O6/c1-21(18-35)24-10-15-34(20-40-23(3)37)17-16-32(6)25(29(24)34)8-9-27-30(4)13-12-28(38)31(5,19-39-22(2)36)26(30)11-14-33(27,32)7/h24-29,35,38H,1,8-20H2,2-7H3. The highest BCUT2D eigenvalue weighted by molar-refractivity contribution is 5.66. The second-order valence-corrected chi connectivity index (χ2v) is 15.6. The Bertz CT molecular complexity index is 1040. The number of fused-ring (bicyclic) bond motifs is 7. The maximum absolute atomic E-state index is 11.9. The van der Waals surface area contributed by atoms with Crippen LogP contribution in [0.15, 0.2) is 12.2 Å². The number of aliphatic hydroxyl groups is 2. The van der Waals surface area contributed by atoms with Crippen molar-refractivity contribution in [1.29, 1.82) is 0 Å². The third kappa shape index (κ3) is 4.16. The van der Waals surface area contributed by atoms with E-state index >= 15 is 0 Å². The minimum atomic E-state index is -0.457. The lowest BCUT2D eigenvalue weighted by molar-refractivity contribution is -0.256. The summed E-state index contributed by atoms with van der Waals surface area (Å²) >= 11 is 0. The van der Waals surface area contributed by atoms with Gasteiger partial charge in [-0.2, -0.15) is 0 Å². The van der Waals surface area contributed by atoms with Crippen LogP contribution in [0.3, 0.4) is 0 Å². The summed E-state index contributed by atoms with van der Waals surface area (Å²) in [5.41, 5.74) is 0.844. The van der Waals surface area contributed by atoms with Gasteiger partial charge in [0.15, 0.2) is 0 Å². The summed E-state index contributed by atoms with van der Waals surface area (Å²) in [7, 11) is 0. The van der Waals surface area contributed by atoms with Gasteiger partial charge in [0.05, 0.1) is 25.9 Å². The van der Waals surface area contributed by atoms with Crippen molar-refractivity contribution in [1.82, 2.24) is 0 Å². The van der Waals surface area contributed by atoms with Crippen LogP contribution in [0.5, 0.6) is 0 Å². The van der Waals surface area contributed by atoms with Crippen LogP contribution in [0, 0.1) is 56.7 Å². The molecule has 6 nitrogen and oxygen atoms in total. The van der Waals surface area contributed by atoms with E-state index in [0.717, 1.165) is 69.8 Å². The van der Waals surface area contributed by atoms with Crippen LogP contribution < -0.4 is 0 Å². The minimum absolute atomic E-state index is 0.0249. The van der Waals surface area contributed by atoms with Crippen molar-refractivity contribution in [3.05, 3.63) is 12.2 Å². The van der Waals surface area contributed by atoms with Gasteiger partial charge >= 0.3 is 11.9 Å². The number of hydrogen-bond acceptors (Lipinski definition) is 6. The van der Waals surface area contributed by atoms with Gasteiger partial charge in [-0.25, -0.2) is 0 Å². The molecule has 5 fully saturated rings. The van der Waals surface area contributed by atoms with Crippen LogP contribution in [0.1, 0.15) is 106 Å². The Labute approximate surface area is 241 Å². The van der Waals surface area contributed by atoms with Gasteiger partial charge in [0.2, 0.25) is 0 Å². The molecule has 0 saturated heterocycles. The van der Waals surface area contributed by atoms with E-state index in [4.69, 9.17) is 9.47 Å². The number of hydrogen-bond donors (Lipinski definition) is 2. The third-order valence-corrected chi connectivity index (χ3v) is 14.3. The maximum atomic E-state index is 11.9. The van der Waals surface area contributed by atoms with Crippen LogP contribution in [0.25, 0.3) is 0 Å². The molecule has 226 valence electrons. The number of carbonyl (C=O) groups is 2. The average Bonchev–Trinajstić information content (AvgIpc) is 3.29. The third-order valence-electron chi connectivity index (χ3n) is 14.3. The summed E-state index contributed by atoms with van der Waals surface area (Å²) in [6.07, 6.45) is 10.0. The van der Waals surface area contributed by atoms with Gasteiger partial charge in [-0.15, -0.1) is 0 Å². The average molecular weight is 559 g/mol. The summed E-state index contributed by atoms with van der Waals surface area (Å²) in [6, 6.07) is 0. The first kappa shape index (κ1) is 30.1.